The van der Waals surface area contributed by atoms with Crippen molar-refractivity contribution in [1.29, 1.82) is 0 Å². The van der Waals surface area contributed by atoms with Crippen LogP contribution in [-0.2, 0) is 0 Å². The highest BCUT2D eigenvalue weighted by atomic mass is 16.3. The van der Waals surface area contributed by atoms with Gasteiger partial charge in [-0.05, 0) is 54.6 Å². The summed E-state index contributed by atoms with van der Waals surface area (Å²) in [5.74, 6) is 0.687. The summed E-state index contributed by atoms with van der Waals surface area (Å²) in [6.07, 6.45) is 0. The number of para-hydroxylation sites is 2. The third-order valence-electron chi connectivity index (χ3n) is 7.10. The van der Waals surface area contributed by atoms with Crippen molar-refractivity contribution in [3.8, 4) is 33.9 Å². The van der Waals surface area contributed by atoms with Crippen LogP contribution >= 0.6 is 0 Å². The van der Waals surface area contributed by atoms with Crippen LogP contribution in [0.3, 0.4) is 0 Å². The van der Waals surface area contributed by atoms with Gasteiger partial charge in [0.15, 0.2) is 5.82 Å². The van der Waals surface area contributed by atoms with Crippen molar-refractivity contribution >= 4 is 43.9 Å². The fourth-order valence-corrected chi connectivity index (χ4v) is 5.23. The van der Waals surface area contributed by atoms with E-state index in [-0.39, 0.29) is 0 Å². The molecule has 3 aromatic heterocycles. The molecule has 0 aliphatic heterocycles. The van der Waals surface area contributed by atoms with Crippen LogP contribution in [0.25, 0.3) is 77.8 Å². The SMILES string of the molecule is c1ccc(-c2nc(-c3ccc4oc5ccccc5c4c3)cc(-c3ccc4oc5ccccc5c4c3)n2)cc1. The summed E-state index contributed by atoms with van der Waals surface area (Å²) in [4.78, 5) is 10.0. The minimum absolute atomic E-state index is 0.687. The summed E-state index contributed by atoms with van der Waals surface area (Å²) in [5, 5.41) is 4.34. The zero-order chi connectivity index (χ0) is 25.1. The molecule has 0 saturated heterocycles. The molecule has 4 heteroatoms. The molecule has 8 aromatic rings. The first-order valence-corrected chi connectivity index (χ1v) is 12.6. The third kappa shape index (κ3) is 3.31. The monoisotopic (exact) mass is 488 g/mol. The highest BCUT2D eigenvalue weighted by Crippen LogP contribution is 2.35. The molecule has 0 spiro atoms. The lowest BCUT2D eigenvalue weighted by molar-refractivity contribution is 0.668. The second-order valence-electron chi connectivity index (χ2n) is 9.45. The Bertz CT molecular complexity index is 2010. The van der Waals surface area contributed by atoms with Crippen molar-refractivity contribution in [3.63, 3.8) is 0 Å². The molecule has 0 amide bonds. The van der Waals surface area contributed by atoms with E-state index < -0.39 is 0 Å². The molecule has 0 saturated carbocycles. The van der Waals surface area contributed by atoms with E-state index in [2.05, 4.69) is 42.5 Å². The van der Waals surface area contributed by atoms with Crippen LogP contribution in [0, 0.1) is 0 Å². The maximum atomic E-state index is 6.06. The van der Waals surface area contributed by atoms with E-state index >= 15 is 0 Å². The Morgan fingerprint density at radius 2 is 0.842 bits per heavy atom. The molecule has 0 fully saturated rings. The van der Waals surface area contributed by atoms with Crippen LogP contribution in [0.5, 0.6) is 0 Å². The van der Waals surface area contributed by atoms with Gasteiger partial charge in [0.2, 0.25) is 0 Å². The van der Waals surface area contributed by atoms with Crippen LogP contribution in [-0.4, -0.2) is 9.97 Å². The summed E-state index contributed by atoms with van der Waals surface area (Å²) in [6.45, 7) is 0. The van der Waals surface area contributed by atoms with Crippen molar-refractivity contribution in [2.75, 3.05) is 0 Å². The molecule has 38 heavy (non-hydrogen) atoms. The smallest absolute Gasteiger partial charge is 0.160 e. The molecule has 0 aliphatic carbocycles. The minimum Gasteiger partial charge on any atom is -0.456 e. The predicted molar refractivity (Wildman–Crippen MR) is 153 cm³/mol. The van der Waals surface area contributed by atoms with Gasteiger partial charge < -0.3 is 8.83 Å². The Kier molecular flexibility index (Phi) is 4.49. The van der Waals surface area contributed by atoms with Crippen molar-refractivity contribution in [2.24, 2.45) is 0 Å². The molecule has 5 aromatic carbocycles. The number of aromatic nitrogens is 2. The molecule has 0 radical (unpaired) electrons. The molecular weight excluding hydrogens is 468 g/mol. The number of benzene rings is 5. The van der Waals surface area contributed by atoms with E-state index in [1.807, 2.05) is 78.9 Å². The van der Waals surface area contributed by atoms with Gasteiger partial charge in [0.1, 0.15) is 22.3 Å². The largest absolute Gasteiger partial charge is 0.456 e. The molecule has 0 N–H and O–H groups in total. The summed E-state index contributed by atoms with van der Waals surface area (Å²) >= 11 is 0. The standard InChI is InChI=1S/C34H20N2O2/c1-2-8-21(9-3-1)34-35-28(22-14-16-32-26(18-22)24-10-4-6-12-30(24)37-32)20-29(36-34)23-15-17-33-27(19-23)25-11-5-7-13-31(25)38-33/h1-20H. The van der Waals surface area contributed by atoms with Crippen LogP contribution in [0.1, 0.15) is 0 Å². The maximum absolute atomic E-state index is 6.06. The van der Waals surface area contributed by atoms with Crippen LogP contribution in [0.15, 0.2) is 130 Å². The number of hydrogen-bond donors (Lipinski definition) is 0. The van der Waals surface area contributed by atoms with Crippen molar-refractivity contribution in [3.05, 3.63) is 121 Å². The van der Waals surface area contributed by atoms with Crippen LogP contribution in [0.2, 0.25) is 0 Å². The zero-order valence-electron chi connectivity index (χ0n) is 20.3. The van der Waals surface area contributed by atoms with Gasteiger partial charge in [-0.1, -0.05) is 66.7 Å². The Balaban J connectivity index is 1.35. The van der Waals surface area contributed by atoms with Crippen LogP contribution < -0.4 is 0 Å². The number of nitrogens with zero attached hydrogens (tertiary/aromatic N) is 2. The Labute approximate surface area is 217 Å². The van der Waals surface area contributed by atoms with Gasteiger partial charge in [-0.3, -0.25) is 0 Å². The summed E-state index contributed by atoms with van der Waals surface area (Å²) in [5.41, 5.74) is 8.22. The van der Waals surface area contributed by atoms with E-state index in [0.717, 1.165) is 72.0 Å². The summed E-state index contributed by atoms with van der Waals surface area (Å²) in [6, 6.07) is 40.9. The fraction of sp³-hybridized carbons (Fsp3) is 0. The second-order valence-corrected chi connectivity index (χ2v) is 9.45. The van der Waals surface area contributed by atoms with Crippen molar-refractivity contribution in [2.45, 2.75) is 0 Å². The molecule has 0 atom stereocenters. The Morgan fingerprint density at radius 1 is 0.368 bits per heavy atom. The molecule has 3 heterocycles. The first kappa shape index (κ1) is 20.9. The minimum atomic E-state index is 0.687. The van der Waals surface area contributed by atoms with Crippen LogP contribution in [0.4, 0.5) is 0 Å². The van der Waals surface area contributed by atoms with Gasteiger partial charge in [0.05, 0.1) is 11.4 Å². The van der Waals surface area contributed by atoms with Crippen molar-refractivity contribution in [1.82, 2.24) is 9.97 Å². The highest BCUT2D eigenvalue weighted by Gasteiger charge is 2.14. The van der Waals surface area contributed by atoms with Gasteiger partial charge in [-0.15, -0.1) is 0 Å². The Hall–Kier alpha value is -5.22. The highest BCUT2D eigenvalue weighted by molar-refractivity contribution is 6.07. The molecule has 8 rings (SSSR count). The first-order chi connectivity index (χ1) is 18.8. The second kappa shape index (κ2) is 8.15. The number of fused-ring (bicyclic) bond motifs is 6. The van der Waals surface area contributed by atoms with E-state index in [4.69, 9.17) is 18.8 Å². The predicted octanol–water partition coefficient (Wildman–Crippen LogP) is 9.28. The molecule has 0 unspecified atom stereocenters. The van der Waals surface area contributed by atoms with E-state index in [9.17, 15) is 0 Å². The number of rotatable bonds is 3. The van der Waals surface area contributed by atoms with Gasteiger partial charge in [0.25, 0.3) is 0 Å². The van der Waals surface area contributed by atoms with Gasteiger partial charge >= 0.3 is 0 Å². The molecule has 0 aliphatic rings. The lowest BCUT2D eigenvalue weighted by Gasteiger charge is -2.10. The van der Waals surface area contributed by atoms with Gasteiger partial charge in [-0.25, -0.2) is 9.97 Å². The maximum Gasteiger partial charge on any atom is 0.160 e. The first-order valence-electron chi connectivity index (χ1n) is 12.6. The summed E-state index contributed by atoms with van der Waals surface area (Å²) < 4.78 is 12.1. The average molecular weight is 489 g/mol. The van der Waals surface area contributed by atoms with Crippen molar-refractivity contribution < 1.29 is 8.83 Å². The quantitative estimate of drug-likeness (QED) is 0.249. The van der Waals surface area contributed by atoms with Gasteiger partial charge in [-0.2, -0.15) is 0 Å². The number of furan rings is 2. The topological polar surface area (TPSA) is 52.1 Å². The normalized spacial score (nSPS) is 11.7. The van der Waals surface area contributed by atoms with E-state index in [1.54, 1.807) is 0 Å². The fourth-order valence-electron chi connectivity index (χ4n) is 5.23. The molecule has 4 nitrogen and oxygen atoms in total. The zero-order valence-corrected chi connectivity index (χ0v) is 20.3. The Morgan fingerprint density at radius 3 is 1.39 bits per heavy atom. The lowest BCUT2D eigenvalue weighted by atomic mass is 10.0. The molecule has 178 valence electrons. The van der Waals surface area contributed by atoms with Gasteiger partial charge in [0, 0.05) is 38.2 Å². The lowest BCUT2D eigenvalue weighted by Crippen LogP contribution is -1.95. The molecular formula is C34H20N2O2. The number of hydrogen-bond acceptors (Lipinski definition) is 4. The third-order valence-corrected chi connectivity index (χ3v) is 7.10. The van der Waals surface area contributed by atoms with E-state index in [1.165, 1.54) is 0 Å². The summed E-state index contributed by atoms with van der Waals surface area (Å²) in [7, 11) is 0. The van der Waals surface area contributed by atoms with E-state index in [0.29, 0.717) is 5.82 Å². The molecule has 0 bridgehead atoms. The average Bonchev–Trinajstić information content (AvgIpc) is 3.55.